The van der Waals surface area contributed by atoms with Crippen molar-refractivity contribution in [2.45, 2.75) is 53.6 Å². The number of aromatic nitrogens is 2. The second-order valence-corrected chi connectivity index (χ2v) is 7.25. The summed E-state index contributed by atoms with van der Waals surface area (Å²) in [5.41, 5.74) is 3.08. The fraction of sp³-hybridized carbons (Fsp3) is 0.471. The Morgan fingerprint density at radius 2 is 1.88 bits per heavy atom. The van der Waals surface area contributed by atoms with E-state index in [1.165, 1.54) is 0 Å². The van der Waals surface area contributed by atoms with Crippen LogP contribution in [0.15, 0.2) is 6.07 Å². The van der Waals surface area contributed by atoms with Gasteiger partial charge in [-0.05, 0) is 47.6 Å². The van der Waals surface area contributed by atoms with Gasteiger partial charge < -0.3 is 15.0 Å². The molecule has 0 aliphatic rings. The second kappa shape index (κ2) is 6.76. The van der Waals surface area contributed by atoms with E-state index in [9.17, 15) is 9.59 Å². The number of hydrogen-bond acceptors (Lipinski definition) is 4. The summed E-state index contributed by atoms with van der Waals surface area (Å²) in [5, 5.41) is 12.6. The van der Waals surface area contributed by atoms with Crippen molar-refractivity contribution >= 4 is 23.2 Å². The molecule has 0 aliphatic carbocycles. The van der Waals surface area contributed by atoms with Crippen LogP contribution in [0, 0.1) is 20.8 Å². The molecule has 24 heavy (non-hydrogen) atoms. The van der Waals surface area contributed by atoms with Gasteiger partial charge in [0, 0.05) is 17.4 Å². The van der Waals surface area contributed by atoms with Gasteiger partial charge in [-0.15, -0.1) is 11.3 Å². The van der Waals surface area contributed by atoms with Gasteiger partial charge in [-0.2, -0.15) is 0 Å². The third-order valence-corrected chi connectivity index (χ3v) is 5.30. The third kappa shape index (κ3) is 3.36. The van der Waals surface area contributed by atoms with Crippen LogP contribution in [0.2, 0.25) is 0 Å². The maximum Gasteiger partial charge on any atom is 0.347 e. The molecule has 0 bridgehead atoms. The largest absolute Gasteiger partial charge is 0.477 e. The summed E-state index contributed by atoms with van der Waals surface area (Å²) in [6.45, 7) is 11.5. The van der Waals surface area contributed by atoms with Crippen LogP contribution in [0.25, 0.3) is 0 Å². The van der Waals surface area contributed by atoms with Crippen LogP contribution in [0.4, 0.5) is 0 Å². The normalized spacial score (nSPS) is 12.5. The Labute approximate surface area is 145 Å². The van der Waals surface area contributed by atoms with Crippen molar-refractivity contribution in [2.75, 3.05) is 0 Å². The average molecular weight is 349 g/mol. The lowest BCUT2D eigenvalue weighted by Gasteiger charge is -2.14. The molecule has 2 heterocycles. The molecule has 1 amide bonds. The van der Waals surface area contributed by atoms with E-state index in [4.69, 9.17) is 5.11 Å². The van der Waals surface area contributed by atoms with E-state index in [1.807, 2.05) is 26.8 Å². The molecule has 2 N–H and O–H groups in total. The van der Waals surface area contributed by atoms with Crippen LogP contribution in [0.3, 0.4) is 0 Å². The summed E-state index contributed by atoms with van der Waals surface area (Å²) in [6.07, 6.45) is 0. The van der Waals surface area contributed by atoms with Gasteiger partial charge in [0.25, 0.3) is 5.91 Å². The van der Waals surface area contributed by atoms with Gasteiger partial charge in [0.1, 0.15) is 9.88 Å². The van der Waals surface area contributed by atoms with Crippen LogP contribution in [-0.4, -0.2) is 26.5 Å². The van der Waals surface area contributed by atoms with Gasteiger partial charge in [-0.3, -0.25) is 4.79 Å². The molecular formula is C17H23N3O3S. The van der Waals surface area contributed by atoms with Crippen LogP contribution >= 0.6 is 11.3 Å². The molecule has 2 rings (SSSR count). The minimum Gasteiger partial charge on any atom is -0.477 e. The minimum absolute atomic E-state index is 0.174. The number of carboxylic acid groups (broad SMARTS) is 1. The number of carboxylic acids is 1. The number of rotatable bonds is 5. The summed E-state index contributed by atoms with van der Waals surface area (Å²) in [4.78, 5) is 28.2. The first-order chi connectivity index (χ1) is 11.1. The lowest BCUT2D eigenvalue weighted by atomic mass is 10.2. The Hall–Kier alpha value is -2.15. The van der Waals surface area contributed by atoms with Crippen LogP contribution in [0.5, 0.6) is 0 Å². The van der Waals surface area contributed by atoms with E-state index in [0.717, 1.165) is 22.7 Å². The fourth-order valence-electron chi connectivity index (χ4n) is 2.94. The first kappa shape index (κ1) is 18.2. The lowest BCUT2D eigenvalue weighted by molar-refractivity contribution is 0.0701. The number of aryl methyl sites for hydroxylation is 2. The van der Waals surface area contributed by atoms with E-state index < -0.39 is 5.97 Å². The predicted molar refractivity (Wildman–Crippen MR) is 94.0 cm³/mol. The number of aromatic carboxylic acids is 1. The zero-order valence-corrected chi connectivity index (χ0v) is 15.6. The van der Waals surface area contributed by atoms with Gasteiger partial charge in [-0.1, -0.05) is 0 Å². The minimum atomic E-state index is -0.991. The van der Waals surface area contributed by atoms with Crippen molar-refractivity contribution in [1.82, 2.24) is 14.9 Å². The molecule has 6 nitrogen and oxygen atoms in total. The first-order valence-corrected chi connectivity index (χ1v) is 8.65. The maximum absolute atomic E-state index is 12.6. The Morgan fingerprint density at radius 1 is 1.25 bits per heavy atom. The molecule has 2 aromatic rings. The van der Waals surface area contributed by atoms with Crippen molar-refractivity contribution in [1.29, 1.82) is 0 Å². The highest BCUT2D eigenvalue weighted by atomic mass is 32.1. The Bertz CT molecular complexity index is 789. The lowest BCUT2D eigenvalue weighted by Crippen LogP contribution is -2.27. The van der Waals surface area contributed by atoms with Gasteiger partial charge >= 0.3 is 5.97 Å². The molecular weight excluding hydrogens is 326 g/mol. The highest BCUT2D eigenvalue weighted by Crippen LogP contribution is 2.25. The fourth-order valence-corrected chi connectivity index (χ4v) is 3.85. The second-order valence-electron chi connectivity index (χ2n) is 6.22. The van der Waals surface area contributed by atoms with E-state index in [0.29, 0.717) is 16.3 Å². The molecule has 0 radical (unpaired) electrons. The van der Waals surface area contributed by atoms with Gasteiger partial charge in [0.2, 0.25) is 0 Å². The Morgan fingerprint density at radius 3 is 2.33 bits per heavy atom. The average Bonchev–Trinajstić information content (AvgIpc) is 2.99. The number of nitrogens with zero attached hydrogens (tertiary/aromatic N) is 2. The number of nitrogens with one attached hydrogen (secondary N) is 1. The topological polar surface area (TPSA) is 84.2 Å². The van der Waals surface area contributed by atoms with E-state index >= 15 is 0 Å². The van der Waals surface area contributed by atoms with Crippen molar-refractivity contribution in [2.24, 2.45) is 0 Å². The number of thiazole rings is 1. The summed E-state index contributed by atoms with van der Waals surface area (Å²) in [7, 11) is 0. The number of hydrogen-bond donors (Lipinski definition) is 2. The van der Waals surface area contributed by atoms with Gasteiger partial charge in [-0.25, -0.2) is 9.78 Å². The highest BCUT2D eigenvalue weighted by molar-refractivity contribution is 7.13. The third-order valence-electron chi connectivity index (χ3n) is 3.97. The molecule has 1 atom stereocenters. The number of amides is 1. The maximum atomic E-state index is 12.6. The van der Waals surface area contributed by atoms with Crippen molar-refractivity contribution in [3.8, 4) is 0 Å². The highest BCUT2D eigenvalue weighted by Gasteiger charge is 2.22. The summed E-state index contributed by atoms with van der Waals surface area (Å²) < 4.78 is 2.12. The summed E-state index contributed by atoms with van der Waals surface area (Å²) in [5.74, 6) is -1.16. The van der Waals surface area contributed by atoms with Crippen molar-refractivity contribution < 1.29 is 14.7 Å². The molecule has 0 spiro atoms. The smallest absolute Gasteiger partial charge is 0.347 e. The van der Waals surface area contributed by atoms with E-state index in [2.05, 4.69) is 28.7 Å². The molecule has 1 unspecified atom stereocenters. The van der Waals surface area contributed by atoms with Crippen LogP contribution < -0.4 is 5.32 Å². The van der Waals surface area contributed by atoms with Crippen molar-refractivity contribution in [3.63, 3.8) is 0 Å². The molecule has 0 aromatic carbocycles. The zero-order chi connectivity index (χ0) is 18.2. The quantitative estimate of drug-likeness (QED) is 0.863. The Balaban J connectivity index is 2.22. The molecule has 0 saturated carbocycles. The molecule has 130 valence electrons. The van der Waals surface area contributed by atoms with Gasteiger partial charge in [0.05, 0.1) is 17.3 Å². The molecule has 7 heteroatoms. The van der Waals surface area contributed by atoms with E-state index in [-0.39, 0.29) is 22.9 Å². The molecule has 0 aliphatic heterocycles. The monoisotopic (exact) mass is 349 g/mol. The van der Waals surface area contributed by atoms with Crippen LogP contribution in [0.1, 0.15) is 75.0 Å². The SMILES string of the molecule is Cc1nc(C(C)NC(=O)c2cc(C)n(C(C)C)c2C)sc1C(=O)O. The zero-order valence-electron chi connectivity index (χ0n) is 14.8. The first-order valence-electron chi connectivity index (χ1n) is 7.83. The Kier molecular flexibility index (Phi) is 5.13. The molecule has 0 saturated heterocycles. The molecule has 0 fully saturated rings. The van der Waals surface area contributed by atoms with Gasteiger partial charge in [0.15, 0.2) is 0 Å². The van der Waals surface area contributed by atoms with Crippen LogP contribution in [-0.2, 0) is 0 Å². The summed E-state index contributed by atoms with van der Waals surface area (Å²) >= 11 is 1.10. The van der Waals surface area contributed by atoms with E-state index in [1.54, 1.807) is 6.92 Å². The summed E-state index contributed by atoms with van der Waals surface area (Å²) in [6, 6.07) is 1.81. The standard InChI is InChI=1S/C17H23N3O3S/c1-8(2)20-9(3)7-13(12(20)6)15(21)18-11(5)16-19-10(4)14(24-16)17(22)23/h7-8,11H,1-6H3,(H,18,21)(H,22,23). The van der Waals surface area contributed by atoms with Crippen molar-refractivity contribution in [3.05, 3.63) is 38.6 Å². The number of carbonyl (C=O) groups is 2. The number of carbonyl (C=O) groups excluding carboxylic acids is 1. The predicted octanol–water partition coefficient (Wildman–Crippen LogP) is 3.64. The molecule has 2 aromatic heterocycles.